The monoisotopic (exact) mass is 326 g/mol. The van der Waals surface area contributed by atoms with Crippen molar-refractivity contribution in [1.82, 2.24) is 4.98 Å². The Morgan fingerprint density at radius 1 is 1.53 bits per heavy atom. The summed E-state index contributed by atoms with van der Waals surface area (Å²) in [5.41, 5.74) is 3.17. The van der Waals surface area contributed by atoms with E-state index in [2.05, 4.69) is 31.5 Å². The molecular weight excluding hydrogens is 309 g/mol. The zero-order valence-electron chi connectivity index (χ0n) is 11.6. The number of pyridine rings is 1. The Hall–Kier alpha value is -1.04. The standard InChI is InChI=1S/C16H17N2.Y/c1-5-6-14(9-13(4)10-17)16-8-7-15(11-18-16)12(2)3;/h5-6,8-9,11-12H,4H2,1-3H3;/q-1;/b6-5-,14-9+;. The molecule has 95 valence electrons. The third kappa shape index (κ3) is 5.63. The van der Waals surface area contributed by atoms with Gasteiger partial charge in [0.25, 0.3) is 0 Å². The molecule has 0 aliphatic rings. The van der Waals surface area contributed by atoms with E-state index >= 15 is 0 Å². The van der Waals surface area contributed by atoms with Crippen molar-refractivity contribution in [3.8, 4) is 6.07 Å². The second kappa shape index (κ2) is 8.96. The number of nitriles is 1. The molecule has 1 rings (SSSR count). The molecule has 0 aliphatic heterocycles. The van der Waals surface area contributed by atoms with E-state index in [1.165, 1.54) is 0 Å². The average molecular weight is 326 g/mol. The van der Waals surface area contributed by atoms with Crippen LogP contribution in [0, 0.1) is 17.4 Å². The molecule has 1 aromatic rings. The van der Waals surface area contributed by atoms with Gasteiger partial charge in [0.15, 0.2) is 0 Å². The second-order valence-electron chi connectivity index (χ2n) is 4.28. The quantitative estimate of drug-likeness (QED) is 0.476. The van der Waals surface area contributed by atoms with Crippen molar-refractivity contribution < 1.29 is 32.7 Å². The maximum atomic E-state index is 8.77. The fraction of sp³-hybridized carbons (Fsp3) is 0.250. The van der Waals surface area contributed by atoms with Crippen molar-refractivity contribution >= 4 is 5.57 Å². The minimum atomic E-state index is 0. The summed E-state index contributed by atoms with van der Waals surface area (Å²) in [6.07, 6.45) is 7.37. The molecule has 0 saturated carbocycles. The van der Waals surface area contributed by atoms with E-state index in [1.807, 2.05) is 37.4 Å². The van der Waals surface area contributed by atoms with Gasteiger partial charge < -0.3 is 4.98 Å². The van der Waals surface area contributed by atoms with E-state index in [1.54, 1.807) is 6.08 Å². The maximum Gasteiger partial charge on any atom is 0.0985 e. The van der Waals surface area contributed by atoms with Crippen LogP contribution in [0.25, 0.3) is 5.57 Å². The first-order valence-corrected chi connectivity index (χ1v) is 5.90. The van der Waals surface area contributed by atoms with Gasteiger partial charge in [-0.2, -0.15) is 17.4 Å². The molecule has 0 N–H and O–H groups in total. The SMILES string of the molecule is C=C(C#N)/C=C(\C=C/C)c1c[c-]c(C(C)C)cn1.[Y]. The maximum absolute atomic E-state index is 8.77. The van der Waals surface area contributed by atoms with Gasteiger partial charge in [0.05, 0.1) is 6.07 Å². The van der Waals surface area contributed by atoms with Crippen LogP contribution in [-0.4, -0.2) is 4.98 Å². The molecule has 0 fully saturated rings. The number of allylic oxidation sites excluding steroid dienone is 5. The van der Waals surface area contributed by atoms with Crippen molar-refractivity contribution in [2.75, 3.05) is 0 Å². The van der Waals surface area contributed by atoms with Gasteiger partial charge in [-0.15, -0.1) is 5.56 Å². The Kier molecular flexibility index (Phi) is 8.47. The molecule has 0 unspecified atom stereocenters. The summed E-state index contributed by atoms with van der Waals surface area (Å²) in [6, 6.07) is 7.08. The van der Waals surface area contributed by atoms with Crippen LogP contribution in [0.1, 0.15) is 37.9 Å². The molecule has 0 saturated heterocycles. The van der Waals surface area contributed by atoms with Gasteiger partial charge in [0.2, 0.25) is 0 Å². The zero-order valence-corrected chi connectivity index (χ0v) is 14.5. The summed E-state index contributed by atoms with van der Waals surface area (Å²) in [6.45, 7) is 9.79. The van der Waals surface area contributed by atoms with Gasteiger partial charge in [-0.05, 0) is 24.6 Å². The molecule has 3 heteroatoms. The van der Waals surface area contributed by atoms with Gasteiger partial charge in [-0.1, -0.05) is 44.3 Å². The van der Waals surface area contributed by atoms with Gasteiger partial charge in [-0.3, -0.25) is 0 Å². The second-order valence-corrected chi connectivity index (χ2v) is 4.28. The molecule has 0 aliphatic carbocycles. The van der Waals surface area contributed by atoms with Crippen molar-refractivity contribution in [2.24, 2.45) is 0 Å². The fourth-order valence-corrected chi connectivity index (χ4v) is 1.45. The number of aromatic nitrogens is 1. The van der Waals surface area contributed by atoms with Crippen molar-refractivity contribution in [1.29, 1.82) is 5.26 Å². The Bertz CT molecular complexity index is 517. The Morgan fingerprint density at radius 3 is 2.63 bits per heavy atom. The molecule has 0 bridgehead atoms. The normalized spacial score (nSPS) is 11.2. The van der Waals surface area contributed by atoms with E-state index in [4.69, 9.17) is 5.26 Å². The van der Waals surface area contributed by atoms with E-state index < -0.39 is 0 Å². The molecular formula is C16H17N2Y-. The first kappa shape index (κ1) is 18.0. The summed E-state index contributed by atoms with van der Waals surface area (Å²) in [4.78, 5) is 4.40. The minimum absolute atomic E-state index is 0. The molecule has 1 aromatic heterocycles. The van der Waals surface area contributed by atoms with Gasteiger partial charge in [0.1, 0.15) is 0 Å². The topological polar surface area (TPSA) is 36.7 Å². The predicted molar refractivity (Wildman–Crippen MR) is 74.7 cm³/mol. The third-order valence-corrected chi connectivity index (χ3v) is 2.46. The van der Waals surface area contributed by atoms with Crippen LogP contribution < -0.4 is 0 Å². The van der Waals surface area contributed by atoms with Crippen LogP contribution in [0.4, 0.5) is 0 Å². The first-order chi connectivity index (χ1) is 8.58. The number of hydrogen-bond donors (Lipinski definition) is 0. The smallest absolute Gasteiger partial charge is 0.0985 e. The minimum Gasteiger partial charge on any atom is -0.383 e. The molecule has 1 radical (unpaired) electrons. The molecule has 2 nitrogen and oxygen atoms in total. The summed E-state index contributed by atoms with van der Waals surface area (Å²) < 4.78 is 0. The molecule has 0 amide bonds. The summed E-state index contributed by atoms with van der Waals surface area (Å²) >= 11 is 0. The van der Waals surface area contributed by atoms with Gasteiger partial charge in [-0.25, -0.2) is 0 Å². The van der Waals surface area contributed by atoms with Crippen LogP contribution in [0.15, 0.2) is 42.6 Å². The first-order valence-electron chi connectivity index (χ1n) is 5.90. The zero-order chi connectivity index (χ0) is 13.5. The number of hydrogen-bond acceptors (Lipinski definition) is 2. The van der Waals surface area contributed by atoms with Crippen molar-refractivity contribution in [3.05, 3.63) is 60.0 Å². The Balaban J connectivity index is 0.00000324. The summed E-state index contributed by atoms with van der Waals surface area (Å²) in [5, 5.41) is 8.77. The molecule has 1 heterocycles. The van der Waals surface area contributed by atoms with Crippen LogP contribution >= 0.6 is 0 Å². The van der Waals surface area contributed by atoms with Crippen molar-refractivity contribution in [3.63, 3.8) is 0 Å². The predicted octanol–water partition coefficient (Wildman–Crippen LogP) is 4.04. The summed E-state index contributed by atoms with van der Waals surface area (Å²) in [5.74, 6) is 0.412. The molecule has 19 heavy (non-hydrogen) atoms. The molecule has 0 spiro atoms. The Morgan fingerprint density at radius 2 is 2.21 bits per heavy atom. The Labute approximate surface area is 140 Å². The van der Waals surface area contributed by atoms with Crippen LogP contribution in [-0.2, 0) is 32.7 Å². The van der Waals surface area contributed by atoms with E-state index in [9.17, 15) is 0 Å². The van der Waals surface area contributed by atoms with E-state index in [0.717, 1.165) is 16.8 Å². The van der Waals surface area contributed by atoms with Crippen LogP contribution in [0.5, 0.6) is 0 Å². The largest absolute Gasteiger partial charge is 0.383 e. The fourth-order valence-electron chi connectivity index (χ4n) is 1.45. The van der Waals surface area contributed by atoms with Crippen LogP contribution in [0.3, 0.4) is 0 Å². The number of rotatable bonds is 4. The average Bonchev–Trinajstić information content (AvgIpc) is 2.38. The van der Waals surface area contributed by atoms with Crippen LogP contribution in [0.2, 0.25) is 0 Å². The van der Waals surface area contributed by atoms with Crippen molar-refractivity contribution in [2.45, 2.75) is 26.7 Å². The van der Waals surface area contributed by atoms with Gasteiger partial charge >= 0.3 is 0 Å². The van der Waals surface area contributed by atoms with E-state index in [0.29, 0.717) is 11.5 Å². The molecule has 0 atom stereocenters. The van der Waals surface area contributed by atoms with E-state index in [-0.39, 0.29) is 32.7 Å². The third-order valence-electron chi connectivity index (χ3n) is 2.46. The molecule has 0 aromatic carbocycles. The number of nitrogens with zero attached hydrogens (tertiary/aromatic N) is 2. The van der Waals surface area contributed by atoms with Gasteiger partial charge in [0, 0.05) is 38.3 Å². The summed E-state index contributed by atoms with van der Waals surface area (Å²) in [7, 11) is 0.